The first kappa shape index (κ1) is 12.3. The molecule has 2 heterocycles. The highest BCUT2D eigenvalue weighted by Crippen LogP contribution is 2.37. The zero-order valence-electron chi connectivity index (χ0n) is 10.6. The molecule has 1 aliphatic rings. The van der Waals surface area contributed by atoms with Crippen LogP contribution in [0, 0.1) is 6.92 Å². The molecule has 0 saturated carbocycles. The van der Waals surface area contributed by atoms with Crippen LogP contribution >= 0.6 is 11.3 Å². The summed E-state index contributed by atoms with van der Waals surface area (Å²) in [6, 6.07) is 5.54. The van der Waals surface area contributed by atoms with Crippen molar-refractivity contribution >= 4 is 11.3 Å². The summed E-state index contributed by atoms with van der Waals surface area (Å²) in [6.45, 7) is 3.73. The molecule has 100 valence electrons. The Kier molecular flexibility index (Phi) is 3.31. The maximum atomic E-state index is 9.91. The number of thiophene rings is 1. The normalized spacial score (nSPS) is 12.9. The molecule has 1 aromatic carbocycles. The maximum Gasteiger partial charge on any atom is 0.231 e. The second-order valence-electron chi connectivity index (χ2n) is 4.46. The molecule has 1 aliphatic heterocycles. The molecule has 0 saturated heterocycles. The van der Waals surface area contributed by atoms with Crippen LogP contribution in [0.15, 0.2) is 23.6 Å². The Hall–Kier alpha value is -1.72. The molecule has 0 amide bonds. The minimum Gasteiger partial charge on any atom is -0.507 e. The van der Waals surface area contributed by atoms with E-state index in [-0.39, 0.29) is 12.5 Å². The number of aromatic hydroxyl groups is 1. The number of nitrogens with one attached hydrogen (secondary N) is 1. The molecule has 0 bridgehead atoms. The summed E-state index contributed by atoms with van der Waals surface area (Å²) >= 11 is 1.74. The van der Waals surface area contributed by atoms with Crippen molar-refractivity contribution in [3.05, 3.63) is 39.6 Å². The van der Waals surface area contributed by atoms with E-state index in [0.717, 1.165) is 12.1 Å². The average molecular weight is 277 g/mol. The van der Waals surface area contributed by atoms with Crippen molar-refractivity contribution in [2.75, 3.05) is 6.79 Å². The fourth-order valence-corrected chi connectivity index (χ4v) is 2.89. The molecule has 0 aliphatic carbocycles. The van der Waals surface area contributed by atoms with Crippen molar-refractivity contribution in [1.29, 1.82) is 0 Å². The number of rotatable bonds is 4. The predicted octanol–water partition coefficient (Wildman–Crippen LogP) is 2.78. The van der Waals surface area contributed by atoms with E-state index in [4.69, 9.17) is 9.47 Å². The quantitative estimate of drug-likeness (QED) is 0.902. The molecule has 0 radical (unpaired) electrons. The van der Waals surface area contributed by atoms with Gasteiger partial charge in [0.05, 0.1) is 0 Å². The van der Waals surface area contributed by atoms with E-state index in [1.165, 1.54) is 10.4 Å². The van der Waals surface area contributed by atoms with E-state index < -0.39 is 0 Å². The van der Waals surface area contributed by atoms with Crippen molar-refractivity contribution in [1.82, 2.24) is 5.32 Å². The molecule has 2 aromatic rings. The van der Waals surface area contributed by atoms with Crippen LogP contribution < -0.4 is 14.8 Å². The van der Waals surface area contributed by atoms with E-state index in [9.17, 15) is 5.11 Å². The predicted molar refractivity (Wildman–Crippen MR) is 73.8 cm³/mol. The lowest BCUT2D eigenvalue weighted by Gasteiger charge is -2.08. The van der Waals surface area contributed by atoms with E-state index in [1.54, 1.807) is 17.4 Å². The van der Waals surface area contributed by atoms with Crippen molar-refractivity contribution in [3.63, 3.8) is 0 Å². The number of phenolic OH excluding ortho intramolecular Hbond substituents is 1. The molecule has 1 aromatic heterocycles. The van der Waals surface area contributed by atoms with Gasteiger partial charge in [-0.1, -0.05) is 0 Å². The van der Waals surface area contributed by atoms with Gasteiger partial charge < -0.3 is 19.9 Å². The van der Waals surface area contributed by atoms with Gasteiger partial charge in [-0.2, -0.15) is 0 Å². The highest BCUT2D eigenvalue weighted by molar-refractivity contribution is 7.10. The zero-order chi connectivity index (χ0) is 13.2. The molecule has 0 spiro atoms. The minimum absolute atomic E-state index is 0.222. The average Bonchev–Trinajstić information content (AvgIpc) is 2.99. The lowest BCUT2D eigenvalue weighted by molar-refractivity contribution is 0.174. The van der Waals surface area contributed by atoms with Gasteiger partial charge in [0, 0.05) is 29.6 Å². The smallest absolute Gasteiger partial charge is 0.231 e. The number of hydrogen-bond donors (Lipinski definition) is 2. The van der Waals surface area contributed by atoms with Crippen LogP contribution in [0.25, 0.3) is 0 Å². The van der Waals surface area contributed by atoms with E-state index in [0.29, 0.717) is 18.0 Å². The SMILES string of the molecule is Cc1ccsc1CNCc1cc2c(cc1O)OCO2. The van der Waals surface area contributed by atoms with Crippen LogP contribution in [-0.2, 0) is 13.1 Å². The monoisotopic (exact) mass is 277 g/mol. The molecule has 3 rings (SSSR count). The van der Waals surface area contributed by atoms with Gasteiger partial charge in [-0.3, -0.25) is 0 Å². The van der Waals surface area contributed by atoms with Crippen LogP contribution in [0.2, 0.25) is 0 Å². The lowest BCUT2D eigenvalue weighted by atomic mass is 10.1. The fraction of sp³-hybridized carbons (Fsp3) is 0.286. The number of aryl methyl sites for hydroxylation is 1. The first-order valence-electron chi connectivity index (χ1n) is 6.09. The highest BCUT2D eigenvalue weighted by Gasteiger charge is 2.16. The van der Waals surface area contributed by atoms with Crippen LogP contribution in [0.1, 0.15) is 16.0 Å². The van der Waals surface area contributed by atoms with Crippen LogP contribution in [0.4, 0.5) is 0 Å². The first-order chi connectivity index (χ1) is 9.24. The maximum absolute atomic E-state index is 9.91. The molecule has 0 unspecified atom stereocenters. The number of phenols is 1. The van der Waals surface area contributed by atoms with Gasteiger partial charge in [0.25, 0.3) is 0 Å². The second-order valence-corrected chi connectivity index (χ2v) is 5.47. The summed E-state index contributed by atoms with van der Waals surface area (Å²) in [4.78, 5) is 1.32. The summed E-state index contributed by atoms with van der Waals surface area (Å²) in [5, 5.41) is 15.3. The summed E-state index contributed by atoms with van der Waals surface area (Å²) in [5.74, 6) is 1.54. The second kappa shape index (κ2) is 5.11. The van der Waals surface area contributed by atoms with Crippen LogP contribution in [0.3, 0.4) is 0 Å². The standard InChI is InChI=1S/C14H15NO3S/c1-9-2-3-19-14(9)7-15-6-10-4-12-13(5-11(10)16)18-8-17-12/h2-5,15-16H,6-8H2,1H3. The van der Waals surface area contributed by atoms with Gasteiger partial charge in [-0.25, -0.2) is 0 Å². The molecule has 4 nitrogen and oxygen atoms in total. The van der Waals surface area contributed by atoms with Crippen LogP contribution in [0.5, 0.6) is 17.2 Å². The summed E-state index contributed by atoms with van der Waals surface area (Å²) < 4.78 is 10.5. The van der Waals surface area contributed by atoms with Gasteiger partial charge in [-0.05, 0) is 30.0 Å². The first-order valence-corrected chi connectivity index (χ1v) is 6.97. The molecule has 19 heavy (non-hydrogen) atoms. The summed E-state index contributed by atoms with van der Waals surface area (Å²) in [7, 11) is 0. The Bertz CT molecular complexity index is 594. The minimum atomic E-state index is 0.222. The third kappa shape index (κ3) is 2.52. The largest absolute Gasteiger partial charge is 0.507 e. The van der Waals surface area contributed by atoms with Gasteiger partial charge >= 0.3 is 0 Å². The molecular weight excluding hydrogens is 262 g/mol. The summed E-state index contributed by atoms with van der Waals surface area (Å²) in [6.07, 6.45) is 0. The molecule has 0 atom stereocenters. The van der Waals surface area contributed by atoms with Crippen molar-refractivity contribution < 1.29 is 14.6 Å². The van der Waals surface area contributed by atoms with Crippen LogP contribution in [-0.4, -0.2) is 11.9 Å². The Morgan fingerprint density at radius 1 is 1.26 bits per heavy atom. The Balaban J connectivity index is 1.66. The number of ether oxygens (including phenoxy) is 2. The topological polar surface area (TPSA) is 50.7 Å². The molecular formula is C14H15NO3S. The van der Waals surface area contributed by atoms with Crippen molar-refractivity contribution in [2.24, 2.45) is 0 Å². The van der Waals surface area contributed by atoms with Gasteiger partial charge in [0.15, 0.2) is 11.5 Å². The van der Waals surface area contributed by atoms with Gasteiger partial charge in [0.2, 0.25) is 6.79 Å². The zero-order valence-corrected chi connectivity index (χ0v) is 11.4. The van der Waals surface area contributed by atoms with E-state index in [2.05, 4.69) is 23.7 Å². The summed E-state index contributed by atoms with van der Waals surface area (Å²) in [5.41, 5.74) is 2.12. The van der Waals surface area contributed by atoms with Crippen molar-refractivity contribution in [3.8, 4) is 17.2 Å². The Morgan fingerprint density at radius 3 is 2.79 bits per heavy atom. The van der Waals surface area contributed by atoms with E-state index >= 15 is 0 Å². The number of fused-ring (bicyclic) bond motifs is 1. The lowest BCUT2D eigenvalue weighted by Crippen LogP contribution is -2.12. The molecule has 2 N–H and O–H groups in total. The fourth-order valence-electron chi connectivity index (χ4n) is 2.01. The number of benzene rings is 1. The van der Waals surface area contributed by atoms with E-state index in [1.807, 2.05) is 6.07 Å². The third-order valence-electron chi connectivity index (χ3n) is 3.14. The Morgan fingerprint density at radius 2 is 2.05 bits per heavy atom. The van der Waals surface area contributed by atoms with Gasteiger partial charge in [-0.15, -0.1) is 11.3 Å². The highest BCUT2D eigenvalue weighted by atomic mass is 32.1. The van der Waals surface area contributed by atoms with Gasteiger partial charge in [0.1, 0.15) is 5.75 Å². The Labute approximate surface area is 115 Å². The molecule has 5 heteroatoms. The van der Waals surface area contributed by atoms with Crippen molar-refractivity contribution in [2.45, 2.75) is 20.0 Å². The molecule has 0 fully saturated rings. The number of hydrogen-bond acceptors (Lipinski definition) is 5. The third-order valence-corrected chi connectivity index (χ3v) is 4.17.